The van der Waals surface area contributed by atoms with E-state index in [0.29, 0.717) is 12.1 Å². The summed E-state index contributed by atoms with van der Waals surface area (Å²) < 4.78 is 73.4. The van der Waals surface area contributed by atoms with Crippen molar-refractivity contribution in [2.45, 2.75) is 17.8 Å². The maximum atomic E-state index is 13.9. The first-order valence-electron chi connectivity index (χ1n) is 5.82. The third kappa shape index (κ3) is 4.21. The number of hydrogen-bond donors (Lipinski definition) is 1. The highest BCUT2D eigenvalue weighted by Gasteiger charge is 2.45. The van der Waals surface area contributed by atoms with E-state index in [9.17, 15) is 30.7 Å². The Balaban J connectivity index is 3.63. The van der Waals surface area contributed by atoms with E-state index in [1.165, 1.54) is 0 Å². The minimum atomic E-state index is -3.91. The Labute approximate surface area is 122 Å². The molecule has 0 aromatic heterocycles. The summed E-state index contributed by atoms with van der Waals surface area (Å²) in [6.07, 6.45) is 1.55. The van der Waals surface area contributed by atoms with Crippen LogP contribution in [0.15, 0.2) is 18.2 Å². The number of benzene rings is 1. The lowest BCUT2D eigenvalue weighted by molar-refractivity contribution is 0.0560. The molecule has 1 rings (SSSR count). The maximum absolute atomic E-state index is 13.9. The summed E-state index contributed by atoms with van der Waals surface area (Å²) in [6.45, 7) is 1.05. The van der Waals surface area contributed by atoms with Crippen LogP contribution in [0.25, 0.3) is 0 Å². The molecule has 0 bridgehead atoms. The van der Waals surface area contributed by atoms with E-state index in [4.69, 9.17) is 0 Å². The highest BCUT2D eigenvalue weighted by atomic mass is 32.2. The molecule has 0 aliphatic heterocycles. The van der Waals surface area contributed by atoms with Gasteiger partial charge in [-0.1, -0.05) is 0 Å². The molecule has 120 valence electrons. The lowest BCUT2D eigenvalue weighted by atomic mass is 9.92. The van der Waals surface area contributed by atoms with Gasteiger partial charge in [-0.15, -0.1) is 0 Å². The third-order valence-electron chi connectivity index (χ3n) is 3.19. The van der Waals surface area contributed by atoms with Gasteiger partial charge in [-0.05, 0) is 25.1 Å². The predicted octanol–water partition coefficient (Wildman–Crippen LogP) is 0.630. The van der Waals surface area contributed by atoms with Crippen molar-refractivity contribution in [3.63, 3.8) is 0 Å². The Bertz CT molecular complexity index is 743. The molecule has 0 aliphatic carbocycles. The van der Waals surface area contributed by atoms with Crippen molar-refractivity contribution in [2.75, 3.05) is 18.3 Å². The van der Waals surface area contributed by atoms with Crippen molar-refractivity contribution in [3.05, 3.63) is 35.4 Å². The average Bonchev–Trinajstić information content (AvgIpc) is 2.27. The first-order chi connectivity index (χ1) is 9.27. The van der Waals surface area contributed by atoms with Gasteiger partial charge in [-0.2, -0.15) is 0 Å². The molecule has 0 unspecified atom stereocenters. The van der Waals surface area contributed by atoms with Gasteiger partial charge in [0.15, 0.2) is 19.7 Å². The first kappa shape index (κ1) is 18.0. The first-order valence-corrected chi connectivity index (χ1v) is 9.83. The van der Waals surface area contributed by atoms with Crippen LogP contribution >= 0.6 is 0 Å². The van der Waals surface area contributed by atoms with Crippen LogP contribution in [0.5, 0.6) is 0 Å². The molecule has 0 saturated carbocycles. The second kappa shape index (κ2) is 5.62. The third-order valence-corrected chi connectivity index (χ3v) is 5.83. The lowest BCUT2D eigenvalue weighted by Gasteiger charge is -2.33. The molecule has 0 fully saturated rings. The minimum Gasteiger partial charge on any atom is -0.383 e. The fourth-order valence-electron chi connectivity index (χ4n) is 2.00. The Hall–Kier alpha value is -1.06. The monoisotopic (exact) mass is 342 g/mol. The molecule has 0 spiro atoms. The standard InChI is InChI=1S/C12H16F2O5S2/c1-8(21(3,18)19)12(15,7-20(2,16)17)10-6-9(13)4-5-11(10)14/h4-6,8,15H,7H2,1-3H3/t8-,12-/m1/s1. The van der Waals surface area contributed by atoms with Gasteiger partial charge in [0.1, 0.15) is 17.2 Å². The fourth-order valence-corrected chi connectivity index (χ4v) is 4.23. The number of hydrogen-bond acceptors (Lipinski definition) is 5. The molecule has 9 heteroatoms. The predicted molar refractivity (Wildman–Crippen MR) is 74.3 cm³/mol. The van der Waals surface area contributed by atoms with Crippen LogP contribution in [0.2, 0.25) is 0 Å². The van der Waals surface area contributed by atoms with Crippen molar-refractivity contribution in [3.8, 4) is 0 Å². The summed E-state index contributed by atoms with van der Waals surface area (Å²) in [7, 11) is -7.78. The van der Waals surface area contributed by atoms with Gasteiger partial charge in [0.25, 0.3) is 0 Å². The van der Waals surface area contributed by atoms with Crippen molar-refractivity contribution in [1.29, 1.82) is 0 Å². The SMILES string of the molecule is C[C@H]([C@](O)(CS(C)(=O)=O)c1cc(F)ccc1F)S(C)(=O)=O. The highest BCUT2D eigenvalue weighted by molar-refractivity contribution is 7.92. The molecule has 1 aromatic carbocycles. The fraction of sp³-hybridized carbons (Fsp3) is 0.500. The molecule has 1 aromatic rings. The molecule has 0 heterocycles. The molecule has 21 heavy (non-hydrogen) atoms. The highest BCUT2D eigenvalue weighted by Crippen LogP contribution is 2.33. The molecule has 0 amide bonds. The summed E-state index contributed by atoms with van der Waals surface area (Å²) in [5, 5.41) is 8.92. The second-order valence-corrected chi connectivity index (χ2v) is 9.60. The van der Waals surface area contributed by atoms with Gasteiger partial charge in [0.2, 0.25) is 0 Å². The molecule has 0 aliphatic rings. The molecule has 0 radical (unpaired) electrons. The molecular weight excluding hydrogens is 326 g/mol. The van der Waals surface area contributed by atoms with Crippen LogP contribution in [-0.2, 0) is 25.3 Å². The van der Waals surface area contributed by atoms with Crippen LogP contribution in [0, 0.1) is 11.6 Å². The topological polar surface area (TPSA) is 88.5 Å². The van der Waals surface area contributed by atoms with Gasteiger partial charge >= 0.3 is 0 Å². The van der Waals surface area contributed by atoms with Gasteiger partial charge in [-0.3, -0.25) is 0 Å². The molecule has 1 N–H and O–H groups in total. The van der Waals surface area contributed by atoms with Gasteiger partial charge < -0.3 is 5.11 Å². The smallest absolute Gasteiger partial charge is 0.153 e. The van der Waals surface area contributed by atoms with Gasteiger partial charge in [0, 0.05) is 18.1 Å². The zero-order valence-corrected chi connectivity index (χ0v) is 13.3. The summed E-state index contributed by atoms with van der Waals surface area (Å²) in [5.41, 5.74) is -3.29. The van der Waals surface area contributed by atoms with E-state index in [0.717, 1.165) is 25.5 Å². The Morgan fingerprint density at radius 3 is 2.14 bits per heavy atom. The number of rotatable bonds is 5. The molecule has 2 atom stereocenters. The molecular formula is C12H16F2O5S2. The largest absolute Gasteiger partial charge is 0.383 e. The van der Waals surface area contributed by atoms with Crippen LogP contribution in [0.3, 0.4) is 0 Å². The van der Waals surface area contributed by atoms with Gasteiger partial charge in [0.05, 0.1) is 11.0 Å². The van der Waals surface area contributed by atoms with Crippen molar-refractivity contribution < 1.29 is 30.7 Å². The average molecular weight is 342 g/mol. The van der Waals surface area contributed by atoms with E-state index in [-0.39, 0.29) is 0 Å². The summed E-state index contributed by atoms with van der Waals surface area (Å²) in [4.78, 5) is 0. The number of aliphatic hydroxyl groups is 1. The van der Waals surface area contributed by atoms with Crippen LogP contribution in [0.4, 0.5) is 8.78 Å². The normalized spacial score (nSPS) is 17.2. The molecule has 5 nitrogen and oxygen atoms in total. The van der Waals surface area contributed by atoms with Crippen LogP contribution < -0.4 is 0 Å². The number of halogens is 2. The molecule has 0 saturated heterocycles. The zero-order valence-electron chi connectivity index (χ0n) is 11.7. The van der Waals surface area contributed by atoms with Crippen molar-refractivity contribution in [1.82, 2.24) is 0 Å². The van der Waals surface area contributed by atoms with Crippen molar-refractivity contribution in [2.24, 2.45) is 0 Å². The van der Waals surface area contributed by atoms with Gasteiger partial charge in [-0.25, -0.2) is 25.6 Å². The summed E-state index contributed by atoms with van der Waals surface area (Å²) >= 11 is 0. The summed E-state index contributed by atoms with van der Waals surface area (Å²) in [5.74, 6) is -3.05. The Kier molecular flexibility index (Phi) is 4.81. The van der Waals surface area contributed by atoms with E-state index >= 15 is 0 Å². The summed E-state index contributed by atoms with van der Waals surface area (Å²) in [6, 6.07) is 2.08. The Morgan fingerprint density at radius 1 is 1.19 bits per heavy atom. The minimum absolute atomic E-state index is 0.599. The van der Waals surface area contributed by atoms with Crippen molar-refractivity contribution >= 4 is 19.7 Å². The quantitative estimate of drug-likeness (QED) is 0.848. The van der Waals surface area contributed by atoms with E-state index in [1.807, 2.05) is 0 Å². The van der Waals surface area contributed by atoms with Crippen LogP contribution in [-0.4, -0.2) is 45.5 Å². The zero-order chi connectivity index (χ0) is 16.6. The van der Waals surface area contributed by atoms with Crippen LogP contribution in [0.1, 0.15) is 12.5 Å². The second-order valence-electron chi connectivity index (χ2n) is 5.09. The maximum Gasteiger partial charge on any atom is 0.153 e. The van der Waals surface area contributed by atoms with E-state index in [1.54, 1.807) is 0 Å². The van der Waals surface area contributed by atoms with E-state index < -0.39 is 53.5 Å². The lowest BCUT2D eigenvalue weighted by Crippen LogP contribution is -2.48. The Morgan fingerprint density at radius 2 is 1.71 bits per heavy atom. The number of sulfone groups is 2. The van der Waals surface area contributed by atoms with E-state index in [2.05, 4.69) is 0 Å².